The van der Waals surface area contributed by atoms with Crippen molar-refractivity contribution in [1.82, 2.24) is 9.97 Å². The Morgan fingerprint density at radius 1 is 1.50 bits per heavy atom. The average molecular weight is 208 g/mol. The van der Waals surface area contributed by atoms with Crippen LogP contribution in [0.15, 0.2) is 11.0 Å². The number of aromatic amines is 1. The molecule has 0 aromatic carbocycles. The van der Waals surface area contributed by atoms with Crippen LogP contribution < -0.4 is 5.56 Å². The van der Waals surface area contributed by atoms with Gasteiger partial charge < -0.3 is 10.1 Å². The second kappa shape index (κ2) is 3.13. The number of halogens is 3. The molecule has 0 saturated heterocycles. The summed E-state index contributed by atoms with van der Waals surface area (Å²) in [6, 6.07) is 0. The molecule has 2 N–H and O–H groups in total. The fourth-order valence-electron chi connectivity index (χ4n) is 0.691. The van der Waals surface area contributed by atoms with Gasteiger partial charge in [-0.3, -0.25) is 4.79 Å². The minimum absolute atomic E-state index is 0.365. The van der Waals surface area contributed by atoms with Crippen molar-refractivity contribution in [3.63, 3.8) is 0 Å². The molecule has 0 aliphatic rings. The minimum atomic E-state index is -4.80. The number of aromatic carboxylic acids is 1. The van der Waals surface area contributed by atoms with Crippen LogP contribution in [-0.2, 0) is 6.18 Å². The lowest BCUT2D eigenvalue weighted by molar-refractivity contribution is -0.145. The summed E-state index contributed by atoms with van der Waals surface area (Å²) < 4.78 is 35.8. The van der Waals surface area contributed by atoms with Crippen LogP contribution in [0.25, 0.3) is 0 Å². The summed E-state index contributed by atoms with van der Waals surface area (Å²) in [6.07, 6.45) is -4.43. The van der Waals surface area contributed by atoms with E-state index in [1.54, 1.807) is 0 Å². The van der Waals surface area contributed by atoms with Gasteiger partial charge in [0, 0.05) is 6.20 Å². The van der Waals surface area contributed by atoms with Gasteiger partial charge in [-0.25, -0.2) is 9.78 Å². The van der Waals surface area contributed by atoms with Crippen LogP contribution >= 0.6 is 0 Å². The first-order valence-electron chi connectivity index (χ1n) is 3.22. The third-order valence-corrected chi connectivity index (χ3v) is 1.30. The predicted molar refractivity (Wildman–Crippen MR) is 36.8 cm³/mol. The van der Waals surface area contributed by atoms with Crippen LogP contribution in [0.3, 0.4) is 0 Å². The molecule has 0 fully saturated rings. The highest BCUT2D eigenvalue weighted by molar-refractivity contribution is 5.86. The van der Waals surface area contributed by atoms with Crippen LogP contribution in [0, 0.1) is 0 Å². The number of aromatic nitrogens is 2. The summed E-state index contributed by atoms with van der Waals surface area (Å²) >= 11 is 0. The third kappa shape index (κ3) is 1.90. The van der Waals surface area contributed by atoms with E-state index in [1.165, 1.54) is 4.98 Å². The second-order valence-corrected chi connectivity index (χ2v) is 2.28. The molecule has 0 atom stereocenters. The fourth-order valence-corrected chi connectivity index (χ4v) is 0.691. The van der Waals surface area contributed by atoms with E-state index in [0.717, 1.165) is 0 Å². The Labute approximate surface area is 74.2 Å². The normalized spacial score (nSPS) is 11.4. The Hall–Kier alpha value is -1.86. The number of hydrogen-bond donors (Lipinski definition) is 2. The number of carboxylic acid groups (broad SMARTS) is 1. The standard InChI is InChI=1S/C6H3F3N2O3/c7-6(8,9)5-10-1-2(4(13)14)3(12)11-5/h1H,(H,13,14)(H,10,11,12). The molecular formula is C6H3F3N2O3. The van der Waals surface area contributed by atoms with Gasteiger partial charge in [-0.2, -0.15) is 13.2 Å². The van der Waals surface area contributed by atoms with E-state index in [-0.39, 0.29) is 0 Å². The Morgan fingerprint density at radius 3 is 2.43 bits per heavy atom. The quantitative estimate of drug-likeness (QED) is 0.703. The highest BCUT2D eigenvalue weighted by atomic mass is 19.4. The van der Waals surface area contributed by atoms with Gasteiger partial charge in [0.25, 0.3) is 5.56 Å². The zero-order valence-electron chi connectivity index (χ0n) is 6.42. The molecule has 0 amide bonds. The molecule has 1 aromatic heterocycles. The summed E-state index contributed by atoms with van der Waals surface area (Å²) in [6.45, 7) is 0. The molecule has 0 aliphatic carbocycles. The maximum atomic E-state index is 11.9. The molecule has 1 heterocycles. The number of alkyl halides is 3. The van der Waals surface area contributed by atoms with Crippen LogP contribution in [-0.4, -0.2) is 21.0 Å². The molecule has 1 aromatic rings. The summed E-state index contributed by atoms with van der Waals surface area (Å²) in [4.78, 5) is 25.1. The SMILES string of the molecule is O=C(O)c1cnc(C(F)(F)F)[nH]c1=O. The summed E-state index contributed by atoms with van der Waals surface area (Å²) in [5.41, 5.74) is -2.17. The van der Waals surface area contributed by atoms with Crippen molar-refractivity contribution in [2.45, 2.75) is 6.18 Å². The highest BCUT2D eigenvalue weighted by Gasteiger charge is 2.34. The average Bonchev–Trinajstić information content (AvgIpc) is 2.01. The monoisotopic (exact) mass is 208 g/mol. The first kappa shape index (κ1) is 10.2. The molecule has 8 heteroatoms. The Morgan fingerprint density at radius 2 is 2.07 bits per heavy atom. The van der Waals surface area contributed by atoms with Crippen molar-refractivity contribution in [3.8, 4) is 0 Å². The lowest BCUT2D eigenvalue weighted by Crippen LogP contribution is -2.23. The van der Waals surface area contributed by atoms with Crippen LogP contribution in [0.4, 0.5) is 13.2 Å². The first-order valence-corrected chi connectivity index (χ1v) is 3.22. The molecule has 0 saturated carbocycles. The van der Waals surface area contributed by atoms with E-state index < -0.39 is 29.1 Å². The lowest BCUT2D eigenvalue weighted by Gasteiger charge is -2.03. The van der Waals surface area contributed by atoms with Gasteiger partial charge in [-0.15, -0.1) is 0 Å². The van der Waals surface area contributed by atoms with E-state index in [0.29, 0.717) is 6.20 Å². The maximum absolute atomic E-state index is 11.9. The molecule has 0 bridgehead atoms. The van der Waals surface area contributed by atoms with Gasteiger partial charge >= 0.3 is 12.1 Å². The topological polar surface area (TPSA) is 83.0 Å². The van der Waals surface area contributed by atoms with E-state index >= 15 is 0 Å². The Balaban J connectivity index is 3.27. The summed E-state index contributed by atoms with van der Waals surface area (Å²) in [7, 11) is 0. The number of carbonyl (C=O) groups is 1. The molecule has 0 radical (unpaired) electrons. The molecule has 0 unspecified atom stereocenters. The molecule has 76 valence electrons. The Kier molecular flexibility index (Phi) is 2.28. The largest absolute Gasteiger partial charge is 0.477 e. The first-order chi connectivity index (χ1) is 6.32. The maximum Gasteiger partial charge on any atom is 0.449 e. The number of nitrogens with one attached hydrogen (secondary N) is 1. The second-order valence-electron chi connectivity index (χ2n) is 2.28. The van der Waals surface area contributed by atoms with Crippen molar-refractivity contribution in [2.24, 2.45) is 0 Å². The number of hydrogen-bond acceptors (Lipinski definition) is 3. The van der Waals surface area contributed by atoms with Crippen molar-refractivity contribution in [2.75, 3.05) is 0 Å². The molecule has 1 rings (SSSR count). The molecular weight excluding hydrogens is 205 g/mol. The zero-order valence-corrected chi connectivity index (χ0v) is 6.42. The van der Waals surface area contributed by atoms with Crippen molar-refractivity contribution in [1.29, 1.82) is 0 Å². The Bertz CT molecular complexity index is 423. The van der Waals surface area contributed by atoms with E-state index in [2.05, 4.69) is 4.98 Å². The molecule has 0 aliphatic heterocycles. The van der Waals surface area contributed by atoms with Gasteiger partial charge in [0.2, 0.25) is 5.82 Å². The van der Waals surface area contributed by atoms with E-state index in [9.17, 15) is 22.8 Å². The molecule has 0 spiro atoms. The molecule has 14 heavy (non-hydrogen) atoms. The van der Waals surface area contributed by atoms with Gasteiger partial charge in [0.15, 0.2) is 0 Å². The van der Waals surface area contributed by atoms with Gasteiger partial charge in [-0.1, -0.05) is 0 Å². The zero-order chi connectivity index (χ0) is 10.9. The van der Waals surface area contributed by atoms with Crippen LogP contribution in [0.5, 0.6) is 0 Å². The van der Waals surface area contributed by atoms with Crippen molar-refractivity contribution in [3.05, 3.63) is 27.9 Å². The van der Waals surface area contributed by atoms with Crippen molar-refractivity contribution >= 4 is 5.97 Å². The smallest absolute Gasteiger partial charge is 0.449 e. The summed E-state index contributed by atoms with van der Waals surface area (Å²) in [5.74, 6) is -3.15. The predicted octanol–water partition coefficient (Wildman–Crippen LogP) is 0.487. The fraction of sp³-hybridized carbons (Fsp3) is 0.167. The van der Waals surface area contributed by atoms with Gasteiger partial charge in [0.05, 0.1) is 0 Å². The van der Waals surface area contributed by atoms with E-state index in [4.69, 9.17) is 5.11 Å². The van der Waals surface area contributed by atoms with E-state index in [1.807, 2.05) is 0 Å². The number of nitrogens with zero attached hydrogens (tertiary/aromatic N) is 1. The number of rotatable bonds is 1. The number of carboxylic acids is 1. The minimum Gasteiger partial charge on any atom is -0.477 e. The third-order valence-electron chi connectivity index (χ3n) is 1.30. The lowest BCUT2D eigenvalue weighted by atomic mass is 10.3. The highest BCUT2D eigenvalue weighted by Crippen LogP contribution is 2.24. The van der Waals surface area contributed by atoms with Crippen LogP contribution in [0.2, 0.25) is 0 Å². The van der Waals surface area contributed by atoms with Gasteiger partial charge in [0.1, 0.15) is 5.56 Å². The number of H-pyrrole nitrogens is 1. The van der Waals surface area contributed by atoms with Gasteiger partial charge in [-0.05, 0) is 0 Å². The van der Waals surface area contributed by atoms with Crippen LogP contribution in [0.1, 0.15) is 16.2 Å². The van der Waals surface area contributed by atoms with Crippen molar-refractivity contribution < 1.29 is 23.1 Å². The summed E-state index contributed by atoms with van der Waals surface area (Å²) in [5, 5.41) is 8.32. The molecule has 5 nitrogen and oxygen atoms in total.